The number of hydrogen-bond donors (Lipinski definition) is 2. The molecule has 0 unspecified atom stereocenters. The zero-order valence-electron chi connectivity index (χ0n) is 7.64. The summed E-state index contributed by atoms with van der Waals surface area (Å²) in [4.78, 5) is 0.988. The molecule has 1 rings (SSSR count). The number of aliphatic hydroxyl groups is 1. The molecule has 0 spiro atoms. The molecule has 0 aliphatic carbocycles. The van der Waals surface area contributed by atoms with Gasteiger partial charge in [0.05, 0.1) is 0 Å². The molecule has 0 aromatic carbocycles. The number of aliphatic hydroxyl groups excluding tert-OH is 1. The quantitative estimate of drug-likeness (QED) is 0.738. The fourth-order valence-corrected chi connectivity index (χ4v) is 2.88. The van der Waals surface area contributed by atoms with Crippen molar-refractivity contribution in [3.05, 3.63) is 17.0 Å². The van der Waals surface area contributed by atoms with Crippen molar-refractivity contribution < 1.29 is 13.5 Å². The first kappa shape index (κ1) is 11.6. The van der Waals surface area contributed by atoms with Crippen LogP contribution < -0.4 is 5.14 Å². The fraction of sp³-hybridized carbons (Fsp3) is 0.500. The maximum Gasteiger partial charge on any atom is 0.247 e. The molecule has 0 bridgehead atoms. The van der Waals surface area contributed by atoms with Gasteiger partial charge in [-0.3, -0.25) is 0 Å². The van der Waals surface area contributed by atoms with Gasteiger partial charge in [-0.25, -0.2) is 13.6 Å². The van der Waals surface area contributed by atoms with Crippen LogP contribution in [0.3, 0.4) is 0 Å². The zero-order valence-corrected chi connectivity index (χ0v) is 9.27. The molecule has 6 heteroatoms. The van der Waals surface area contributed by atoms with E-state index in [2.05, 4.69) is 0 Å². The van der Waals surface area contributed by atoms with Crippen LogP contribution in [-0.4, -0.2) is 20.1 Å². The molecule has 80 valence electrons. The highest BCUT2D eigenvalue weighted by atomic mass is 32.2. The van der Waals surface area contributed by atoms with Crippen LogP contribution in [0.5, 0.6) is 0 Å². The third-order valence-corrected chi connectivity index (χ3v) is 4.33. The maximum atomic E-state index is 10.9. The number of aryl methyl sites for hydroxylation is 1. The molecule has 14 heavy (non-hydrogen) atoms. The Morgan fingerprint density at radius 1 is 1.36 bits per heavy atom. The Bertz CT molecular complexity index is 383. The Kier molecular flexibility index (Phi) is 4.06. The molecule has 0 fully saturated rings. The van der Waals surface area contributed by atoms with Crippen LogP contribution in [0.1, 0.15) is 17.7 Å². The third-order valence-electron chi connectivity index (χ3n) is 1.75. The van der Waals surface area contributed by atoms with Gasteiger partial charge in [-0.1, -0.05) is 0 Å². The SMILES string of the molecule is NS(=O)(=O)c1ccc(CCCCO)s1. The van der Waals surface area contributed by atoms with E-state index in [4.69, 9.17) is 10.2 Å². The summed E-state index contributed by atoms with van der Waals surface area (Å²) >= 11 is 1.20. The van der Waals surface area contributed by atoms with E-state index in [1.165, 1.54) is 17.4 Å². The standard InChI is InChI=1S/C8H13NO3S2/c9-14(11,12)8-5-4-7(13-8)3-1-2-6-10/h4-5,10H,1-3,6H2,(H2,9,11,12). The van der Waals surface area contributed by atoms with E-state index in [9.17, 15) is 8.42 Å². The maximum absolute atomic E-state index is 10.9. The lowest BCUT2D eigenvalue weighted by atomic mass is 10.2. The van der Waals surface area contributed by atoms with Crippen molar-refractivity contribution in [3.63, 3.8) is 0 Å². The Labute approximate surface area is 87.4 Å². The summed E-state index contributed by atoms with van der Waals surface area (Å²) in [7, 11) is -3.54. The second-order valence-corrected chi connectivity index (χ2v) is 5.90. The molecule has 1 aromatic heterocycles. The van der Waals surface area contributed by atoms with Crippen LogP contribution >= 0.6 is 11.3 Å². The first-order chi connectivity index (χ1) is 6.54. The molecule has 0 saturated carbocycles. The normalized spacial score (nSPS) is 11.9. The number of unbranched alkanes of at least 4 members (excludes halogenated alkanes) is 1. The van der Waals surface area contributed by atoms with Gasteiger partial charge >= 0.3 is 0 Å². The summed E-state index contributed by atoms with van der Waals surface area (Å²) in [6.45, 7) is 0.174. The molecule has 1 aromatic rings. The average molecular weight is 235 g/mol. The van der Waals surface area contributed by atoms with Gasteiger partial charge in [0, 0.05) is 11.5 Å². The first-order valence-electron chi connectivity index (χ1n) is 4.26. The van der Waals surface area contributed by atoms with Crippen LogP contribution in [0.2, 0.25) is 0 Å². The predicted molar refractivity (Wildman–Crippen MR) is 55.7 cm³/mol. The summed E-state index contributed by atoms with van der Waals surface area (Å²) < 4.78 is 22.1. The van der Waals surface area contributed by atoms with E-state index >= 15 is 0 Å². The predicted octanol–water partition coefficient (Wildman–Crippen LogP) is 0.710. The van der Waals surface area contributed by atoms with Gasteiger partial charge in [-0.15, -0.1) is 11.3 Å². The number of rotatable bonds is 5. The van der Waals surface area contributed by atoms with Crippen LogP contribution in [0.15, 0.2) is 16.3 Å². The number of nitrogens with two attached hydrogens (primary N) is 1. The Balaban J connectivity index is 2.60. The monoisotopic (exact) mass is 235 g/mol. The molecule has 1 heterocycles. The molecule has 4 nitrogen and oxygen atoms in total. The van der Waals surface area contributed by atoms with Crippen molar-refractivity contribution in [1.82, 2.24) is 0 Å². The molecule has 0 atom stereocenters. The highest BCUT2D eigenvalue weighted by Gasteiger charge is 2.10. The smallest absolute Gasteiger partial charge is 0.247 e. The van der Waals surface area contributed by atoms with Gasteiger partial charge in [0.1, 0.15) is 4.21 Å². The lowest BCUT2D eigenvalue weighted by Crippen LogP contribution is -2.09. The van der Waals surface area contributed by atoms with Crippen LogP contribution in [0.4, 0.5) is 0 Å². The van der Waals surface area contributed by atoms with Crippen molar-refractivity contribution in [3.8, 4) is 0 Å². The van der Waals surface area contributed by atoms with Gasteiger partial charge in [0.2, 0.25) is 10.0 Å². The largest absolute Gasteiger partial charge is 0.396 e. The van der Waals surface area contributed by atoms with Crippen molar-refractivity contribution >= 4 is 21.4 Å². The molecule has 0 saturated heterocycles. The summed E-state index contributed by atoms with van der Waals surface area (Å²) in [5.74, 6) is 0. The Morgan fingerprint density at radius 2 is 2.07 bits per heavy atom. The van der Waals surface area contributed by atoms with E-state index in [1.807, 2.05) is 0 Å². The molecular formula is C8H13NO3S2. The minimum atomic E-state index is -3.54. The van der Waals surface area contributed by atoms with Gasteiger partial charge < -0.3 is 5.11 Å². The van der Waals surface area contributed by atoms with Crippen molar-refractivity contribution in [2.24, 2.45) is 5.14 Å². The molecular weight excluding hydrogens is 222 g/mol. The molecule has 0 amide bonds. The topological polar surface area (TPSA) is 80.4 Å². The van der Waals surface area contributed by atoms with Gasteiger partial charge in [-0.05, 0) is 31.4 Å². The molecule has 0 aliphatic rings. The van der Waals surface area contributed by atoms with E-state index in [-0.39, 0.29) is 10.8 Å². The van der Waals surface area contributed by atoms with Crippen LogP contribution in [0, 0.1) is 0 Å². The zero-order chi connectivity index (χ0) is 10.6. The molecule has 3 N–H and O–H groups in total. The van der Waals surface area contributed by atoms with Crippen LogP contribution in [0.25, 0.3) is 0 Å². The fourth-order valence-electron chi connectivity index (χ4n) is 1.06. The van der Waals surface area contributed by atoms with Crippen molar-refractivity contribution in [2.75, 3.05) is 6.61 Å². The minimum Gasteiger partial charge on any atom is -0.396 e. The first-order valence-corrected chi connectivity index (χ1v) is 6.62. The van der Waals surface area contributed by atoms with E-state index in [1.54, 1.807) is 6.07 Å². The summed E-state index contributed by atoms with van der Waals surface area (Å²) in [6.07, 6.45) is 2.39. The third kappa shape index (κ3) is 3.38. The van der Waals surface area contributed by atoms with Gasteiger partial charge in [-0.2, -0.15) is 0 Å². The molecule has 0 radical (unpaired) electrons. The number of hydrogen-bond acceptors (Lipinski definition) is 4. The van der Waals surface area contributed by atoms with Crippen LogP contribution in [-0.2, 0) is 16.4 Å². The van der Waals surface area contributed by atoms with Gasteiger partial charge in [0.15, 0.2) is 0 Å². The summed E-state index contributed by atoms with van der Waals surface area (Å²) in [5, 5.41) is 13.5. The van der Waals surface area contributed by atoms with Crippen molar-refractivity contribution in [1.29, 1.82) is 0 Å². The second-order valence-electron chi connectivity index (χ2n) is 2.95. The Morgan fingerprint density at radius 3 is 2.57 bits per heavy atom. The summed E-state index contributed by atoms with van der Waals surface area (Å²) in [6, 6.07) is 3.29. The number of thiophene rings is 1. The Hall–Kier alpha value is -0.430. The van der Waals surface area contributed by atoms with E-state index < -0.39 is 10.0 Å². The highest BCUT2D eigenvalue weighted by molar-refractivity contribution is 7.91. The lowest BCUT2D eigenvalue weighted by molar-refractivity contribution is 0.285. The summed E-state index contributed by atoms with van der Waals surface area (Å²) in [5.41, 5.74) is 0. The lowest BCUT2D eigenvalue weighted by Gasteiger charge is -1.94. The van der Waals surface area contributed by atoms with Crippen molar-refractivity contribution in [2.45, 2.75) is 23.5 Å². The minimum absolute atomic E-state index is 0.174. The van der Waals surface area contributed by atoms with E-state index in [0.29, 0.717) is 0 Å². The number of primary sulfonamides is 1. The highest BCUT2D eigenvalue weighted by Crippen LogP contribution is 2.21. The number of sulfonamides is 1. The average Bonchev–Trinajstić information content (AvgIpc) is 2.52. The molecule has 0 aliphatic heterocycles. The second kappa shape index (κ2) is 4.88. The van der Waals surface area contributed by atoms with Gasteiger partial charge in [0.25, 0.3) is 0 Å². The van der Waals surface area contributed by atoms with E-state index in [0.717, 1.165) is 24.1 Å².